The van der Waals surface area contributed by atoms with E-state index in [1.807, 2.05) is 0 Å². The van der Waals surface area contributed by atoms with Crippen LogP contribution in [-0.2, 0) is 17.9 Å². The van der Waals surface area contributed by atoms with Gasteiger partial charge in [-0.15, -0.1) is 0 Å². The van der Waals surface area contributed by atoms with Crippen molar-refractivity contribution in [1.82, 2.24) is 19.6 Å². The summed E-state index contributed by atoms with van der Waals surface area (Å²) in [5, 5.41) is 22.1. The van der Waals surface area contributed by atoms with Crippen LogP contribution in [0.2, 0.25) is 5.02 Å². The molecule has 0 fully saturated rings. The first-order valence-corrected chi connectivity index (χ1v) is 9.08. The Bertz CT molecular complexity index is 1060. The molecule has 1 N–H and O–H groups in total. The van der Waals surface area contributed by atoms with E-state index in [4.69, 9.17) is 11.6 Å². The molecule has 0 aliphatic heterocycles. The molecule has 3 rings (SSSR count). The summed E-state index contributed by atoms with van der Waals surface area (Å²) in [6.45, 7) is 3.63. The van der Waals surface area contributed by atoms with E-state index in [-0.39, 0.29) is 36.8 Å². The van der Waals surface area contributed by atoms with Crippen LogP contribution in [0.5, 0.6) is 0 Å². The molecule has 0 spiro atoms. The van der Waals surface area contributed by atoms with E-state index in [0.717, 1.165) is 5.69 Å². The molecule has 0 bridgehead atoms. The molecule has 2 heterocycles. The number of nitrogens with zero attached hydrogens (tertiary/aromatic N) is 5. The average molecular weight is 421 g/mol. The Morgan fingerprint density at radius 1 is 1.34 bits per heavy atom. The summed E-state index contributed by atoms with van der Waals surface area (Å²) in [7, 11) is 0. The van der Waals surface area contributed by atoms with Crippen molar-refractivity contribution < 1.29 is 14.1 Å². The number of hydrogen-bond donors (Lipinski definition) is 1. The molecule has 0 radical (unpaired) electrons. The summed E-state index contributed by atoms with van der Waals surface area (Å²) in [4.78, 5) is 22.5. The van der Waals surface area contributed by atoms with Crippen LogP contribution in [-0.4, -0.2) is 30.4 Å². The van der Waals surface area contributed by atoms with Crippen molar-refractivity contribution in [3.8, 4) is 0 Å². The third kappa shape index (κ3) is 4.77. The number of aromatic nitrogens is 4. The highest BCUT2D eigenvalue weighted by Crippen LogP contribution is 2.21. The van der Waals surface area contributed by atoms with Gasteiger partial charge in [0.25, 0.3) is 0 Å². The number of rotatable bonds is 7. The number of aryl methyl sites for hydroxylation is 3. The average Bonchev–Trinajstić information content (AvgIpc) is 3.18. The molecule has 2 aromatic heterocycles. The number of anilines is 1. The molecule has 29 heavy (non-hydrogen) atoms. The Balaban J connectivity index is 1.62. The third-order valence-corrected chi connectivity index (χ3v) is 4.66. The van der Waals surface area contributed by atoms with Crippen LogP contribution in [0.3, 0.4) is 0 Å². The second-order valence-electron chi connectivity index (χ2n) is 6.45. The zero-order chi connectivity index (χ0) is 21.1. The standard InChI is InChI=1S/C18H18ClFN6O3/c1-11-8-17(23-25(11)9-13-14(19)4-3-5-15(13)20)21-18(27)6-7-24-10-16(26(28)29)12(2)22-24/h3-5,8,10H,6-7,9H2,1-2H3,(H,21,23,27). The second kappa shape index (κ2) is 8.39. The van der Waals surface area contributed by atoms with Crippen LogP contribution in [0.4, 0.5) is 15.9 Å². The van der Waals surface area contributed by atoms with Crippen molar-refractivity contribution in [3.05, 3.63) is 68.4 Å². The lowest BCUT2D eigenvalue weighted by molar-refractivity contribution is -0.385. The van der Waals surface area contributed by atoms with Gasteiger partial charge in [-0.2, -0.15) is 10.2 Å². The first-order chi connectivity index (χ1) is 13.7. The number of halogens is 2. The molecule has 9 nitrogen and oxygen atoms in total. The predicted octanol–water partition coefficient (Wildman–Crippen LogP) is 3.47. The topological polar surface area (TPSA) is 108 Å². The summed E-state index contributed by atoms with van der Waals surface area (Å²) in [5.74, 6) is -0.432. The lowest BCUT2D eigenvalue weighted by atomic mass is 10.2. The Morgan fingerprint density at radius 3 is 2.76 bits per heavy atom. The van der Waals surface area contributed by atoms with Gasteiger partial charge in [0, 0.05) is 35.3 Å². The van der Waals surface area contributed by atoms with Crippen molar-refractivity contribution >= 4 is 29.0 Å². The molecule has 3 aromatic rings. The highest BCUT2D eigenvalue weighted by atomic mass is 35.5. The zero-order valence-corrected chi connectivity index (χ0v) is 16.5. The molecule has 152 valence electrons. The molecule has 0 aliphatic carbocycles. The van der Waals surface area contributed by atoms with E-state index < -0.39 is 10.7 Å². The van der Waals surface area contributed by atoms with Gasteiger partial charge >= 0.3 is 5.69 Å². The minimum absolute atomic E-state index is 0.0589. The molecule has 0 saturated carbocycles. The van der Waals surface area contributed by atoms with Gasteiger partial charge in [-0.25, -0.2) is 4.39 Å². The minimum Gasteiger partial charge on any atom is -0.309 e. The van der Waals surface area contributed by atoms with Gasteiger partial charge < -0.3 is 5.32 Å². The van der Waals surface area contributed by atoms with Crippen LogP contribution in [0.1, 0.15) is 23.4 Å². The number of carbonyl (C=O) groups is 1. The highest BCUT2D eigenvalue weighted by Gasteiger charge is 2.16. The Kier molecular flexibility index (Phi) is 5.92. The lowest BCUT2D eigenvalue weighted by Crippen LogP contribution is -2.15. The van der Waals surface area contributed by atoms with Crippen molar-refractivity contribution in [2.45, 2.75) is 33.4 Å². The molecule has 1 aromatic carbocycles. The third-order valence-electron chi connectivity index (χ3n) is 4.30. The first-order valence-electron chi connectivity index (χ1n) is 8.70. The van der Waals surface area contributed by atoms with Gasteiger partial charge in [-0.1, -0.05) is 17.7 Å². The predicted molar refractivity (Wildman–Crippen MR) is 104 cm³/mol. The van der Waals surface area contributed by atoms with E-state index in [9.17, 15) is 19.3 Å². The molecule has 1 amide bonds. The molecular formula is C18H18ClFN6O3. The molecule has 0 saturated heterocycles. The van der Waals surface area contributed by atoms with Crippen LogP contribution in [0, 0.1) is 29.8 Å². The van der Waals surface area contributed by atoms with Gasteiger partial charge in [0.05, 0.1) is 11.5 Å². The summed E-state index contributed by atoms with van der Waals surface area (Å²) in [6, 6.07) is 6.11. The normalized spacial score (nSPS) is 10.9. The van der Waals surface area contributed by atoms with E-state index >= 15 is 0 Å². The van der Waals surface area contributed by atoms with E-state index in [1.165, 1.54) is 29.9 Å². The van der Waals surface area contributed by atoms with Crippen LogP contribution < -0.4 is 5.32 Å². The molecule has 11 heteroatoms. The molecule has 0 atom stereocenters. The fraction of sp³-hybridized carbons (Fsp3) is 0.278. The number of amides is 1. The van der Waals surface area contributed by atoms with E-state index in [1.54, 1.807) is 23.7 Å². The molecule has 0 aliphatic rings. The maximum Gasteiger partial charge on any atom is 0.309 e. The van der Waals surface area contributed by atoms with Crippen molar-refractivity contribution in [3.63, 3.8) is 0 Å². The van der Waals surface area contributed by atoms with Gasteiger partial charge in [-0.05, 0) is 26.0 Å². The monoisotopic (exact) mass is 420 g/mol. The second-order valence-corrected chi connectivity index (χ2v) is 6.85. The fourth-order valence-electron chi connectivity index (χ4n) is 2.79. The van der Waals surface area contributed by atoms with Crippen LogP contribution in [0.25, 0.3) is 0 Å². The summed E-state index contributed by atoms with van der Waals surface area (Å²) >= 11 is 6.05. The van der Waals surface area contributed by atoms with Crippen molar-refractivity contribution in [2.75, 3.05) is 5.32 Å². The zero-order valence-electron chi connectivity index (χ0n) is 15.7. The SMILES string of the molecule is Cc1nn(CCC(=O)Nc2cc(C)n(Cc3c(F)cccc3Cl)n2)cc1[N+](=O)[O-]. The van der Waals surface area contributed by atoms with Gasteiger partial charge in [0.15, 0.2) is 5.82 Å². The number of benzene rings is 1. The van der Waals surface area contributed by atoms with Crippen LogP contribution >= 0.6 is 11.6 Å². The largest absolute Gasteiger partial charge is 0.309 e. The smallest absolute Gasteiger partial charge is 0.309 e. The van der Waals surface area contributed by atoms with E-state index in [2.05, 4.69) is 15.5 Å². The Labute approximate surface area is 170 Å². The maximum absolute atomic E-state index is 14.0. The van der Waals surface area contributed by atoms with Gasteiger partial charge in [0.1, 0.15) is 17.7 Å². The van der Waals surface area contributed by atoms with E-state index in [0.29, 0.717) is 16.4 Å². The number of hydrogen-bond acceptors (Lipinski definition) is 5. The summed E-state index contributed by atoms with van der Waals surface area (Å²) in [6.07, 6.45) is 1.35. The lowest BCUT2D eigenvalue weighted by Gasteiger charge is -2.07. The quantitative estimate of drug-likeness (QED) is 0.465. The van der Waals surface area contributed by atoms with Crippen molar-refractivity contribution in [2.24, 2.45) is 0 Å². The van der Waals surface area contributed by atoms with Crippen LogP contribution in [0.15, 0.2) is 30.5 Å². The summed E-state index contributed by atoms with van der Waals surface area (Å²) in [5.41, 5.74) is 1.23. The Hall–Kier alpha value is -3.27. The highest BCUT2D eigenvalue weighted by molar-refractivity contribution is 6.31. The first kappa shape index (κ1) is 20.5. The number of nitro groups is 1. The number of nitrogens with one attached hydrogen (secondary N) is 1. The van der Waals surface area contributed by atoms with Gasteiger partial charge in [0.2, 0.25) is 5.91 Å². The maximum atomic E-state index is 14.0. The molecule has 0 unspecified atom stereocenters. The fourth-order valence-corrected chi connectivity index (χ4v) is 3.01. The Morgan fingerprint density at radius 2 is 2.10 bits per heavy atom. The molecular weight excluding hydrogens is 403 g/mol. The summed E-state index contributed by atoms with van der Waals surface area (Å²) < 4.78 is 16.9. The van der Waals surface area contributed by atoms with Gasteiger partial charge in [-0.3, -0.25) is 24.3 Å². The van der Waals surface area contributed by atoms with Crippen molar-refractivity contribution in [1.29, 1.82) is 0 Å². The number of carbonyl (C=O) groups excluding carboxylic acids is 1. The minimum atomic E-state index is -0.518.